The Kier molecular flexibility index (Phi) is 15.4. The number of ether oxygens (including phenoxy) is 1. The van der Waals surface area contributed by atoms with E-state index in [0.29, 0.717) is 12.0 Å². The molecule has 4 N–H and O–H groups in total. The summed E-state index contributed by atoms with van der Waals surface area (Å²) in [5, 5.41) is 0. The Hall–Kier alpha value is -1.40. The van der Waals surface area contributed by atoms with Crippen molar-refractivity contribution < 1.29 is 14.3 Å². The van der Waals surface area contributed by atoms with Crippen LogP contribution in [-0.2, 0) is 14.3 Å². The summed E-state index contributed by atoms with van der Waals surface area (Å²) < 4.78 is 6.12. The molecular weight excluding hydrogens is 643 g/mol. The number of carbonyl (C=O) groups excluding carboxylic acids is 2. The van der Waals surface area contributed by atoms with Gasteiger partial charge < -0.3 is 21.1 Å². The van der Waals surface area contributed by atoms with Gasteiger partial charge in [0.25, 0.3) is 0 Å². The lowest BCUT2D eigenvalue weighted by Gasteiger charge is -2.58. The number of hydrogen-bond acceptors (Lipinski definition) is 5. The van der Waals surface area contributed by atoms with Gasteiger partial charge in [-0.25, -0.2) is 0 Å². The summed E-state index contributed by atoms with van der Waals surface area (Å²) in [6, 6.07) is 0. The quantitative estimate of drug-likeness (QED) is 0.0739. The predicted octanol–water partition coefficient (Wildman–Crippen LogP) is 10.8. The van der Waals surface area contributed by atoms with Crippen LogP contribution in [0.3, 0.4) is 0 Å². The van der Waals surface area contributed by atoms with Crippen LogP contribution in [0.2, 0.25) is 0 Å². The highest BCUT2D eigenvalue weighted by atomic mass is 16.5. The van der Waals surface area contributed by atoms with Gasteiger partial charge in [0.1, 0.15) is 6.10 Å². The number of unbranched alkanes of at least 4 members (excludes halogenated alkanes) is 4. The summed E-state index contributed by atoms with van der Waals surface area (Å²) in [6.07, 6.45) is 24.1. The molecule has 0 saturated heterocycles. The minimum absolute atomic E-state index is 0.0479. The van der Waals surface area contributed by atoms with Crippen molar-refractivity contribution in [2.45, 2.75) is 208 Å². The fraction of sp³-hybridized carbons (Fsp3) is 0.913. The number of esters is 1. The second-order valence-electron chi connectivity index (χ2n) is 20.8. The highest BCUT2D eigenvalue weighted by Gasteiger charge is 2.59. The Bertz CT molecular complexity index is 1180. The van der Waals surface area contributed by atoms with Crippen molar-refractivity contribution >= 4 is 11.9 Å². The minimum atomic E-state index is -0.335. The van der Waals surface area contributed by atoms with Crippen molar-refractivity contribution in [2.75, 3.05) is 13.1 Å². The summed E-state index contributed by atoms with van der Waals surface area (Å²) >= 11 is 0. The van der Waals surface area contributed by atoms with Gasteiger partial charge in [0, 0.05) is 37.0 Å². The van der Waals surface area contributed by atoms with E-state index in [9.17, 15) is 9.59 Å². The van der Waals surface area contributed by atoms with Crippen molar-refractivity contribution in [3.8, 4) is 0 Å². The van der Waals surface area contributed by atoms with Crippen molar-refractivity contribution in [3.63, 3.8) is 0 Å². The number of nitrogens with two attached hydrogens (primary N) is 2. The van der Waals surface area contributed by atoms with Gasteiger partial charge >= 0.3 is 5.97 Å². The number of allylic oxidation sites excluding steroid dienone is 1. The van der Waals surface area contributed by atoms with E-state index in [1.54, 1.807) is 5.57 Å². The summed E-state index contributed by atoms with van der Waals surface area (Å²) in [4.78, 5) is 28.5. The average Bonchev–Trinajstić information content (AvgIpc) is 3.41. The summed E-state index contributed by atoms with van der Waals surface area (Å²) in [7, 11) is 0. The van der Waals surface area contributed by atoms with Crippen LogP contribution in [0.15, 0.2) is 11.6 Å². The molecule has 0 aromatic carbocycles. The smallest absolute Gasteiger partial charge is 0.306 e. The van der Waals surface area contributed by atoms with Crippen molar-refractivity contribution in [1.29, 1.82) is 0 Å². The van der Waals surface area contributed by atoms with E-state index in [0.717, 1.165) is 99.8 Å². The highest BCUT2D eigenvalue weighted by Crippen LogP contribution is 2.67. The Balaban J connectivity index is 1.25. The Morgan fingerprint density at radius 3 is 2.21 bits per heavy atom. The fourth-order valence-corrected chi connectivity index (χ4v) is 11.6. The van der Waals surface area contributed by atoms with Gasteiger partial charge in [-0.15, -0.1) is 0 Å². The van der Waals surface area contributed by atoms with Crippen molar-refractivity contribution in [1.82, 2.24) is 4.90 Å². The lowest BCUT2D eigenvalue weighted by Crippen LogP contribution is -2.51. The van der Waals surface area contributed by atoms with Crippen molar-refractivity contribution in [3.05, 3.63) is 11.6 Å². The number of nitrogens with zero attached hydrogens (tertiary/aromatic N) is 1. The zero-order chi connectivity index (χ0) is 38.3. The molecule has 4 aliphatic carbocycles. The summed E-state index contributed by atoms with van der Waals surface area (Å²) in [6.45, 7) is 22.1. The lowest BCUT2D eigenvalue weighted by molar-refractivity contribution is -0.153. The third kappa shape index (κ3) is 11.8. The number of amides is 1. The molecule has 0 bridgehead atoms. The number of fused-ring (bicyclic) bond motifs is 5. The van der Waals surface area contributed by atoms with Crippen LogP contribution in [0.5, 0.6) is 0 Å². The molecule has 6 heteroatoms. The molecule has 0 spiro atoms. The van der Waals surface area contributed by atoms with E-state index >= 15 is 0 Å². The SMILES string of the molecule is CC(C)CCC[C@@H](C)C1CC[C@H]2[C@@H]3CC=C4C[C@@H](OC(=O)CCC(=O)N(CCCCCCCC(C)(C)N)CCC(C)(C)N)CC[C@]4(C)[C@H]3CC[C@]12C. The van der Waals surface area contributed by atoms with Crippen molar-refractivity contribution in [2.24, 2.45) is 57.8 Å². The molecule has 0 heterocycles. The molecule has 1 unspecified atom stereocenters. The summed E-state index contributed by atoms with van der Waals surface area (Å²) in [5.41, 5.74) is 14.3. The first-order valence-electron chi connectivity index (χ1n) is 22.1. The third-order valence-electron chi connectivity index (χ3n) is 14.7. The first-order chi connectivity index (χ1) is 24.3. The topological polar surface area (TPSA) is 98.7 Å². The molecule has 0 radical (unpaired) electrons. The molecule has 52 heavy (non-hydrogen) atoms. The van der Waals surface area contributed by atoms with E-state index in [4.69, 9.17) is 16.2 Å². The molecule has 6 nitrogen and oxygen atoms in total. The Morgan fingerprint density at radius 1 is 0.827 bits per heavy atom. The first-order valence-corrected chi connectivity index (χ1v) is 22.1. The van der Waals surface area contributed by atoms with Gasteiger partial charge in [-0.1, -0.05) is 91.2 Å². The second-order valence-corrected chi connectivity index (χ2v) is 20.8. The minimum Gasteiger partial charge on any atom is -0.462 e. The molecule has 0 aromatic rings. The maximum atomic E-state index is 13.4. The fourth-order valence-electron chi connectivity index (χ4n) is 11.6. The molecular formula is C46H83N3O3. The van der Waals surface area contributed by atoms with Gasteiger partial charge in [0.15, 0.2) is 0 Å². The molecule has 4 rings (SSSR count). The molecule has 3 fully saturated rings. The van der Waals surface area contributed by atoms with Gasteiger partial charge in [0.05, 0.1) is 6.42 Å². The zero-order valence-corrected chi connectivity index (χ0v) is 35.5. The van der Waals surface area contributed by atoms with Crippen LogP contribution in [0.1, 0.15) is 191 Å². The third-order valence-corrected chi connectivity index (χ3v) is 14.7. The summed E-state index contributed by atoms with van der Waals surface area (Å²) in [5.74, 6) is 4.79. The van der Waals surface area contributed by atoms with E-state index < -0.39 is 0 Å². The second kappa shape index (κ2) is 18.5. The zero-order valence-electron chi connectivity index (χ0n) is 35.5. The van der Waals surface area contributed by atoms with Crippen LogP contribution in [-0.4, -0.2) is 47.0 Å². The standard InChI is InChI=1S/C46H83N3O3/c1-33(2)16-15-17-34(3)38-20-21-39-37-19-18-35-32-36(24-27-45(35,8)40(37)25-28-46(38,39)9)52-42(51)23-22-41(50)49(31-29-44(6,7)48)30-14-12-10-11-13-26-43(4,5)47/h18,33-34,36-40H,10-17,19-32,47-48H2,1-9H3/t34-,36+,37+,38?,39+,40+,45+,46-/m1/s1. The predicted molar refractivity (Wildman–Crippen MR) is 218 cm³/mol. The number of rotatable bonds is 20. The lowest BCUT2D eigenvalue weighted by atomic mass is 9.47. The van der Waals surface area contributed by atoms with Crippen LogP contribution in [0.25, 0.3) is 0 Å². The highest BCUT2D eigenvalue weighted by molar-refractivity contribution is 5.81. The Morgan fingerprint density at radius 2 is 1.52 bits per heavy atom. The molecule has 3 saturated carbocycles. The largest absolute Gasteiger partial charge is 0.462 e. The molecule has 300 valence electrons. The molecule has 1 amide bonds. The average molecular weight is 726 g/mol. The monoisotopic (exact) mass is 726 g/mol. The molecule has 8 atom stereocenters. The van der Waals surface area contributed by atoms with E-state index in [1.807, 2.05) is 18.7 Å². The number of hydrogen-bond donors (Lipinski definition) is 2. The number of carbonyl (C=O) groups is 2. The van der Waals surface area contributed by atoms with Crippen LogP contribution >= 0.6 is 0 Å². The van der Waals surface area contributed by atoms with E-state index in [1.165, 1.54) is 57.8 Å². The molecule has 0 aromatic heterocycles. The van der Waals surface area contributed by atoms with Crippen LogP contribution < -0.4 is 11.5 Å². The van der Waals surface area contributed by atoms with Gasteiger partial charge in [-0.05, 0) is 138 Å². The Labute approximate surface area is 320 Å². The maximum Gasteiger partial charge on any atom is 0.306 e. The van der Waals surface area contributed by atoms with E-state index in [2.05, 4.69) is 54.5 Å². The van der Waals surface area contributed by atoms with Gasteiger partial charge in [-0.3, -0.25) is 9.59 Å². The normalized spacial score (nSPS) is 31.0. The van der Waals surface area contributed by atoms with Gasteiger partial charge in [0.2, 0.25) is 5.91 Å². The first kappa shape index (κ1) is 43.3. The molecule has 0 aliphatic heterocycles. The maximum absolute atomic E-state index is 13.4. The van der Waals surface area contributed by atoms with Gasteiger partial charge in [-0.2, -0.15) is 0 Å². The molecule has 4 aliphatic rings. The van der Waals surface area contributed by atoms with Crippen LogP contribution in [0.4, 0.5) is 0 Å². The van der Waals surface area contributed by atoms with Crippen LogP contribution in [0, 0.1) is 46.3 Å². The van der Waals surface area contributed by atoms with E-state index in [-0.39, 0.29) is 47.3 Å².